The van der Waals surface area contributed by atoms with Crippen molar-refractivity contribution in [3.8, 4) is 11.1 Å². The summed E-state index contributed by atoms with van der Waals surface area (Å²) < 4.78 is 0. The Morgan fingerprint density at radius 3 is 1.47 bits per heavy atom. The van der Waals surface area contributed by atoms with Gasteiger partial charge in [-0.1, -0.05) is 87.0 Å². The molecule has 0 saturated carbocycles. The van der Waals surface area contributed by atoms with Gasteiger partial charge in [0.25, 0.3) is 0 Å². The highest BCUT2D eigenvalue weighted by Gasteiger charge is 2.16. The first kappa shape index (κ1) is 20.3. The zero-order valence-corrected chi connectivity index (χ0v) is 18.4. The summed E-state index contributed by atoms with van der Waals surface area (Å²) in [6.07, 6.45) is 0. The first-order valence-corrected chi connectivity index (χ1v) is 10.6. The minimum absolute atomic E-state index is 0.135. The molecule has 0 aliphatic carbocycles. The van der Waals surface area contributed by atoms with Crippen molar-refractivity contribution in [3.63, 3.8) is 0 Å². The van der Waals surface area contributed by atoms with Gasteiger partial charge in [0.15, 0.2) is 0 Å². The fourth-order valence-corrected chi connectivity index (χ4v) is 3.71. The van der Waals surface area contributed by atoms with Crippen LogP contribution < -0.4 is 4.90 Å². The predicted molar refractivity (Wildman–Crippen MR) is 130 cm³/mol. The lowest BCUT2D eigenvalue weighted by Crippen LogP contribution is -2.13. The van der Waals surface area contributed by atoms with E-state index in [2.05, 4.69) is 111 Å². The number of anilines is 3. The van der Waals surface area contributed by atoms with Crippen LogP contribution in [0.4, 0.5) is 17.1 Å². The fraction of sp³-hybridized carbons (Fsp3) is 0.143. The molecule has 0 radical (unpaired) electrons. The molecule has 0 unspecified atom stereocenters. The summed E-state index contributed by atoms with van der Waals surface area (Å²) in [5, 5.41) is 0.754. The smallest absolute Gasteiger partial charge is 0.0462 e. The zero-order chi connectivity index (χ0) is 21.1. The molecule has 0 spiro atoms. The molecule has 4 aromatic carbocycles. The Bertz CT molecular complexity index is 1090. The molecule has 0 N–H and O–H groups in total. The maximum atomic E-state index is 6.03. The normalized spacial score (nSPS) is 11.3. The van der Waals surface area contributed by atoms with E-state index in [9.17, 15) is 0 Å². The fourth-order valence-electron chi connectivity index (χ4n) is 3.58. The van der Waals surface area contributed by atoms with Crippen molar-refractivity contribution in [1.82, 2.24) is 0 Å². The molecule has 2 heteroatoms. The second-order valence-corrected chi connectivity index (χ2v) is 8.96. The number of para-hydroxylation sites is 1. The van der Waals surface area contributed by atoms with E-state index in [1.165, 1.54) is 11.1 Å². The molecule has 0 heterocycles. The maximum absolute atomic E-state index is 6.03. The topological polar surface area (TPSA) is 3.24 Å². The van der Waals surface area contributed by atoms with E-state index in [4.69, 9.17) is 11.6 Å². The summed E-state index contributed by atoms with van der Waals surface area (Å²) in [7, 11) is 0. The largest absolute Gasteiger partial charge is 0.311 e. The van der Waals surface area contributed by atoms with E-state index in [1.807, 2.05) is 18.2 Å². The van der Waals surface area contributed by atoms with E-state index >= 15 is 0 Å². The van der Waals surface area contributed by atoms with Crippen molar-refractivity contribution in [2.24, 2.45) is 0 Å². The standard InChI is InChI=1S/C28H26ClN/c1-28(2,3)23-13-19-27(20-14-23)30(25-7-5-4-6-8-25)26-17-11-22(12-18-26)21-9-15-24(29)16-10-21/h4-20H,1-3H3. The van der Waals surface area contributed by atoms with E-state index < -0.39 is 0 Å². The molecule has 150 valence electrons. The summed E-state index contributed by atoms with van der Waals surface area (Å²) in [4.78, 5) is 2.29. The molecule has 30 heavy (non-hydrogen) atoms. The van der Waals surface area contributed by atoms with E-state index in [-0.39, 0.29) is 5.41 Å². The van der Waals surface area contributed by atoms with Crippen LogP contribution in [0, 0.1) is 0 Å². The minimum Gasteiger partial charge on any atom is -0.311 e. The van der Waals surface area contributed by atoms with Crippen LogP contribution in [0.3, 0.4) is 0 Å². The summed E-state index contributed by atoms with van der Waals surface area (Å²) >= 11 is 6.03. The van der Waals surface area contributed by atoms with Crippen molar-refractivity contribution in [2.45, 2.75) is 26.2 Å². The van der Waals surface area contributed by atoms with Crippen LogP contribution in [-0.4, -0.2) is 0 Å². The molecule has 0 saturated heterocycles. The Balaban J connectivity index is 1.73. The molecule has 0 fully saturated rings. The maximum Gasteiger partial charge on any atom is 0.0462 e. The quantitative estimate of drug-likeness (QED) is 0.324. The molecule has 1 nitrogen and oxygen atoms in total. The molecule has 0 bridgehead atoms. The minimum atomic E-state index is 0.135. The highest BCUT2D eigenvalue weighted by molar-refractivity contribution is 6.30. The van der Waals surface area contributed by atoms with Gasteiger partial charge in [-0.2, -0.15) is 0 Å². The lowest BCUT2D eigenvalue weighted by molar-refractivity contribution is 0.590. The van der Waals surface area contributed by atoms with Crippen molar-refractivity contribution >= 4 is 28.7 Å². The molecule has 0 aliphatic heterocycles. The number of hydrogen-bond donors (Lipinski definition) is 0. The van der Waals surface area contributed by atoms with Gasteiger partial charge >= 0.3 is 0 Å². The Morgan fingerprint density at radius 1 is 0.533 bits per heavy atom. The zero-order valence-electron chi connectivity index (χ0n) is 17.6. The van der Waals surface area contributed by atoms with Gasteiger partial charge in [-0.25, -0.2) is 0 Å². The van der Waals surface area contributed by atoms with Crippen LogP contribution in [-0.2, 0) is 5.41 Å². The van der Waals surface area contributed by atoms with Crippen LogP contribution in [0.25, 0.3) is 11.1 Å². The van der Waals surface area contributed by atoms with Crippen molar-refractivity contribution in [2.75, 3.05) is 4.90 Å². The third kappa shape index (κ3) is 4.42. The number of rotatable bonds is 4. The Labute approximate surface area is 184 Å². The third-order valence-electron chi connectivity index (χ3n) is 5.31. The van der Waals surface area contributed by atoms with Gasteiger partial charge in [0.05, 0.1) is 0 Å². The lowest BCUT2D eigenvalue weighted by atomic mass is 9.87. The van der Waals surface area contributed by atoms with Gasteiger partial charge in [-0.05, 0) is 70.6 Å². The third-order valence-corrected chi connectivity index (χ3v) is 5.56. The summed E-state index contributed by atoms with van der Waals surface area (Å²) in [6.45, 7) is 6.73. The Hall–Kier alpha value is -3.03. The van der Waals surface area contributed by atoms with Crippen LogP contribution in [0.15, 0.2) is 103 Å². The number of nitrogens with zero attached hydrogens (tertiary/aromatic N) is 1. The number of halogens is 1. The molecular weight excluding hydrogens is 386 g/mol. The predicted octanol–water partition coefficient (Wildman–Crippen LogP) is 8.77. The first-order valence-electron chi connectivity index (χ1n) is 10.2. The summed E-state index contributed by atoms with van der Waals surface area (Å²) in [5.74, 6) is 0. The average molecular weight is 412 g/mol. The molecular formula is C28H26ClN. The summed E-state index contributed by atoms with van der Waals surface area (Å²) in [6, 6.07) is 36.0. The van der Waals surface area contributed by atoms with E-state index in [0.717, 1.165) is 27.6 Å². The van der Waals surface area contributed by atoms with E-state index in [0.29, 0.717) is 0 Å². The van der Waals surface area contributed by atoms with Crippen molar-refractivity contribution in [3.05, 3.63) is 114 Å². The molecule has 4 aromatic rings. The van der Waals surface area contributed by atoms with Crippen LogP contribution in [0.1, 0.15) is 26.3 Å². The van der Waals surface area contributed by atoms with Gasteiger partial charge < -0.3 is 4.90 Å². The Kier molecular flexibility index (Phi) is 5.65. The van der Waals surface area contributed by atoms with Gasteiger partial charge in [0, 0.05) is 22.1 Å². The van der Waals surface area contributed by atoms with Crippen molar-refractivity contribution < 1.29 is 0 Å². The van der Waals surface area contributed by atoms with Crippen LogP contribution >= 0.6 is 11.6 Å². The highest BCUT2D eigenvalue weighted by atomic mass is 35.5. The molecule has 0 atom stereocenters. The number of benzene rings is 4. The van der Waals surface area contributed by atoms with E-state index in [1.54, 1.807) is 0 Å². The molecule has 4 rings (SSSR count). The van der Waals surface area contributed by atoms with Gasteiger partial charge in [-0.15, -0.1) is 0 Å². The molecule has 0 aromatic heterocycles. The van der Waals surface area contributed by atoms with Crippen LogP contribution in [0.2, 0.25) is 5.02 Å². The SMILES string of the molecule is CC(C)(C)c1ccc(N(c2ccccc2)c2ccc(-c3ccc(Cl)cc3)cc2)cc1. The Morgan fingerprint density at radius 2 is 0.967 bits per heavy atom. The number of hydrogen-bond acceptors (Lipinski definition) is 1. The average Bonchev–Trinajstić information content (AvgIpc) is 2.76. The molecule has 0 amide bonds. The van der Waals surface area contributed by atoms with Crippen molar-refractivity contribution in [1.29, 1.82) is 0 Å². The molecule has 0 aliphatic rings. The lowest BCUT2D eigenvalue weighted by Gasteiger charge is -2.27. The second kappa shape index (κ2) is 8.38. The summed E-state index contributed by atoms with van der Waals surface area (Å²) in [5.41, 5.74) is 7.21. The van der Waals surface area contributed by atoms with Gasteiger partial charge in [0.1, 0.15) is 0 Å². The second-order valence-electron chi connectivity index (χ2n) is 8.52. The highest BCUT2D eigenvalue weighted by Crippen LogP contribution is 2.36. The monoisotopic (exact) mass is 411 g/mol. The first-order chi connectivity index (χ1) is 14.4. The van der Waals surface area contributed by atoms with Crippen LogP contribution in [0.5, 0.6) is 0 Å². The van der Waals surface area contributed by atoms with Gasteiger partial charge in [-0.3, -0.25) is 0 Å². The van der Waals surface area contributed by atoms with Gasteiger partial charge in [0.2, 0.25) is 0 Å².